The summed E-state index contributed by atoms with van der Waals surface area (Å²) in [6.45, 7) is 0. The summed E-state index contributed by atoms with van der Waals surface area (Å²) in [6, 6.07) is 0. The molecule has 0 radical (unpaired) electrons. The van der Waals surface area contributed by atoms with Crippen molar-refractivity contribution in [1.82, 2.24) is 4.98 Å². The quantitative estimate of drug-likeness (QED) is 0.740. The number of halogens is 1. The second-order valence-corrected chi connectivity index (χ2v) is 2.12. The standard InChI is InChI=1S/C5H4BrNO3/c6-1-4-7-2-3(10-4)5(8)9/h2H,1H2,(H,8,9). The molecule has 0 saturated carbocycles. The fourth-order valence-corrected chi connectivity index (χ4v) is 0.730. The van der Waals surface area contributed by atoms with Gasteiger partial charge in [-0.15, -0.1) is 0 Å². The molecule has 1 rings (SSSR count). The van der Waals surface area contributed by atoms with Crippen molar-refractivity contribution < 1.29 is 14.3 Å². The van der Waals surface area contributed by atoms with E-state index in [1.807, 2.05) is 0 Å². The Bertz CT molecular complexity index is 245. The normalized spacial score (nSPS) is 9.70. The predicted octanol–water partition coefficient (Wildman–Crippen LogP) is 1.27. The van der Waals surface area contributed by atoms with Crippen LogP contribution >= 0.6 is 15.9 Å². The minimum Gasteiger partial charge on any atom is -0.475 e. The average Bonchev–Trinajstić information content (AvgIpc) is 2.34. The van der Waals surface area contributed by atoms with Gasteiger partial charge in [0.05, 0.1) is 11.5 Å². The van der Waals surface area contributed by atoms with Gasteiger partial charge in [0.15, 0.2) is 0 Å². The van der Waals surface area contributed by atoms with Gasteiger partial charge in [-0.1, -0.05) is 15.9 Å². The lowest BCUT2D eigenvalue weighted by molar-refractivity contribution is 0.0661. The molecule has 1 aromatic rings. The third-order valence-electron chi connectivity index (χ3n) is 0.879. The molecule has 0 aliphatic heterocycles. The number of carboxylic acid groups (broad SMARTS) is 1. The summed E-state index contributed by atoms with van der Waals surface area (Å²) < 4.78 is 4.74. The molecule has 0 unspecified atom stereocenters. The van der Waals surface area contributed by atoms with Crippen molar-refractivity contribution in [2.24, 2.45) is 0 Å². The first-order valence-electron chi connectivity index (χ1n) is 2.48. The van der Waals surface area contributed by atoms with Crippen LogP contribution < -0.4 is 0 Å². The maximum Gasteiger partial charge on any atom is 0.373 e. The van der Waals surface area contributed by atoms with Crippen molar-refractivity contribution >= 4 is 21.9 Å². The van der Waals surface area contributed by atoms with E-state index < -0.39 is 5.97 Å². The molecule has 0 fully saturated rings. The predicted molar refractivity (Wildman–Crippen MR) is 36.1 cm³/mol. The molecule has 0 aliphatic carbocycles. The first-order valence-corrected chi connectivity index (χ1v) is 3.60. The summed E-state index contributed by atoms with van der Waals surface area (Å²) in [5.74, 6) is -0.855. The number of aromatic carboxylic acids is 1. The Kier molecular flexibility index (Phi) is 2.06. The van der Waals surface area contributed by atoms with E-state index in [1.54, 1.807) is 0 Å². The number of aromatic nitrogens is 1. The zero-order chi connectivity index (χ0) is 7.56. The summed E-state index contributed by atoms with van der Waals surface area (Å²) in [5, 5.41) is 8.78. The highest BCUT2D eigenvalue weighted by Crippen LogP contribution is 2.06. The van der Waals surface area contributed by atoms with Crippen LogP contribution in [0.5, 0.6) is 0 Å². The van der Waals surface area contributed by atoms with E-state index in [1.165, 1.54) is 6.20 Å². The van der Waals surface area contributed by atoms with E-state index in [0.29, 0.717) is 11.2 Å². The van der Waals surface area contributed by atoms with Crippen molar-refractivity contribution in [2.45, 2.75) is 5.33 Å². The van der Waals surface area contributed by atoms with Crippen LogP contribution in [0.3, 0.4) is 0 Å². The molecule has 0 bridgehead atoms. The lowest BCUT2D eigenvalue weighted by atomic mass is 10.5. The Morgan fingerprint density at radius 3 is 2.90 bits per heavy atom. The van der Waals surface area contributed by atoms with Gasteiger partial charge in [-0.2, -0.15) is 0 Å². The summed E-state index contributed by atoms with van der Waals surface area (Å²) >= 11 is 3.07. The van der Waals surface area contributed by atoms with Crippen LogP contribution in [0.25, 0.3) is 0 Å². The second kappa shape index (κ2) is 2.83. The number of alkyl halides is 1. The van der Waals surface area contributed by atoms with Crippen LogP contribution in [0.4, 0.5) is 0 Å². The van der Waals surface area contributed by atoms with E-state index in [2.05, 4.69) is 20.9 Å². The number of rotatable bonds is 2. The van der Waals surface area contributed by atoms with Crippen molar-refractivity contribution in [1.29, 1.82) is 0 Å². The van der Waals surface area contributed by atoms with E-state index in [4.69, 9.17) is 9.52 Å². The van der Waals surface area contributed by atoms with Crippen LogP contribution in [-0.2, 0) is 5.33 Å². The molecule has 0 aromatic carbocycles. The number of hydrogen-bond acceptors (Lipinski definition) is 3. The molecular formula is C5H4BrNO3. The highest BCUT2D eigenvalue weighted by atomic mass is 79.9. The van der Waals surface area contributed by atoms with Gasteiger partial charge in [0.1, 0.15) is 0 Å². The lowest BCUT2D eigenvalue weighted by Crippen LogP contribution is -1.91. The highest BCUT2D eigenvalue weighted by molar-refractivity contribution is 9.08. The van der Waals surface area contributed by atoms with Crippen molar-refractivity contribution in [3.05, 3.63) is 17.8 Å². The maximum absolute atomic E-state index is 10.2. The largest absolute Gasteiger partial charge is 0.475 e. The van der Waals surface area contributed by atoms with Crippen LogP contribution in [0.15, 0.2) is 10.6 Å². The molecule has 54 valence electrons. The number of nitrogens with zero attached hydrogens (tertiary/aromatic N) is 1. The Balaban J connectivity index is 2.88. The van der Waals surface area contributed by atoms with Crippen LogP contribution in [0.2, 0.25) is 0 Å². The minimum atomic E-state index is -1.10. The fourth-order valence-electron chi connectivity index (χ4n) is 0.471. The molecule has 0 amide bonds. The molecule has 0 aliphatic rings. The molecule has 0 atom stereocenters. The lowest BCUT2D eigenvalue weighted by Gasteiger charge is -1.82. The number of hydrogen-bond donors (Lipinski definition) is 1. The van der Waals surface area contributed by atoms with Gasteiger partial charge in [0.2, 0.25) is 11.7 Å². The van der Waals surface area contributed by atoms with Crippen molar-refractivity contribution in [2.75, 3.05) is 0 Å². The van der Waals surface area contributed by atoms with Gasteiger partial charge in [-0.05, 0) is 0 Å². The third-order valence-corrected chi connectivity index (χ3v) is 1.36. The molecule has 5 heteroatoms. The molecule has 1 aromatic heterocycles. The molecule has 0 saturated heterocycles. The summed E-state index contributed by atoms with van der Waals surface area (Å²) in [7, 11) is 0. The molecule has 1 heterocycles. The summed E-state index contributed by atoms with van der Waals surface area (Å²) in [5.41, 5.74) is 0. The van der Waals surface area contributed by atoms with E-state index >= 15 is 0 Å². The van der Waals surface area contributed by atoms with Gasteiger partial charge < -0.3 is 9.52 Å². The average molecular weight is 206 g/mol. The Morgan fingerprint density at radius 2 is 2.60 bits per heavy atom. The van der Waals surface area contributed by atoms with Gasteiger partial charge in [-0.3, -0.25) is 0 Å². The van der Waals surface area contributed by atoms with E-state index in [0.717, 1.165) is 0 Å². The zero-order valence-corrected chi connectivity index (χ0v) is 6.46. The molecule has 1 N–H and O–H groups in total. The Labute approximate surface area is 65.0 Å². The Morgan fingerprint density at radius 1 is 1.90 bits per heavy atom. The zero-order valence-electron chi connectivity index (χ0n) is 4.87. The molecule has 10 heavy (non-hydrogen) atoms. The van der Waals surface area contributed by atoms with Crippen molar-refractivity contribution in [3.8, 4) is 0 Å². The Hall–Kier alpha value is -0.840. The molecular weight excluding hydrogens is 202 g/mol. The third kappa shape index (κ3) is 1.36. The fraction of sp³-hybridized carbons (Fsp3) is 0.200. The minimum absolute atomic E-state index is 0.130. The van der Waals surface area contributed by atoms with Gasteiger partial charge in [0.25, 0.3) is 0 Å². The SMILES string of the molecule is O=C(O)c1cnc(CBr)o1. The maximum atomic E-state index is 10.2. The number of carbonyl (C=O) groups is 1. The van der Waals surface area contributed by atoms with Gasteiger partial charge in [-0.25, -0.2) is 9.78 Å². The smallest absolute Gasteiger partial charge is 0.373 e. The number of carboxylic acids is 1. The van der Waals surface area contributed by atoms with Gasteiger partial charge in [0, 0.05) is 0 Å². The first-order chi connectivity index (χ1) is 4.74. The summed E-state index contributed by atoms with van der Waals surface area (Å²) in [6.07, 6.45) is 1.18. The number of oxazole rings is 1. The topological polar surface area (TPSA) is 63.3 Å². The summed E-state index contributed by atoms with van der Waals surface area (Å²) in [4.78, 5) is 13.8. The first kappa shape index (κ1) is 7.27. The van der Waals surface area contributed by atoms with Crippen molar-refractivity contribution in [3.63, 3.8) is 0 Å². The second-order valence-electron chi connectivity index (χ2n) is 1.56. The molecule has 0 spiro atoms. The monoisotopic (exact) mass is 205 g/mol. The van der Waals surface area contributed by atoms with E-state index in [9.17, 15) is 4.79 Å². The molecule has 4 nitrogen and oxygen atoms in total. The van der Waals surface area contributed by atoms with Crippen LogP contribution in [0, 0.1) is 0 Å². The van der Waals surface area contributed by atoms with E-state index in [-0.39, 0.29) is 5.76 Å². The van der Waals surface area contributed by atoms with Crippen LogP contribution in [-0.4, -0.2) is 16.1 Å². The van der Waals surface area contributed by atoms with Crippen LogP contribution in [0.1, 0.15) is 16.4 Å². The van der Waals surface area contributed by atoms with Gasteiger partial charge >= 0.3 is 5.97 Å². The highest BCUT2D eigenvalue weighted by Gasteiger charge is 2.08.